The van der Waals surface area contributed by atoms with Crippen molar-refractivity contribution in [1.29, 1.82) is 5.26 Å². The summed E-state index contributed by atoms with van der Waals surface area (Å²) in [7, 11) is 0. The van der Waals surface area contributed by atoms with E-state index in [2.05, 4.69) is 6.58 Å². The summed E-state index contributed by atoms with van der Waals surface area (Å²) in [5.41, 5.74) is -0.0240. The number of benzene rings is 2. The number of hydrogen-bond donors (Lipinski definition) is 0. The van der Waals surface area contributed by atoms with Crippen LogP contribution in [0.3, 0.4) is 0 Å². The Balaban J connectivity index is 2.18. The van der Waals surface area contributed by atoms with E-state index in [4.69, 9.17) is 10.00 Å². The van der Waals surface area contributed by atoms with Gasteiger partial charge in [-0.2, -0.15) is 5.26 Å². The fourth-order valence-electron chi connectivity index (χ4n) is 1.62. The number of halogens is 2. The number of rotatable bonds is 4. The Morgan fingerprint density at radius 1 is 1.14 bits per heavy atom. The number of Topliss-reactive ketones (excluding diaryl/α,β-unsaturated/α-hetero) is 1. The summed E-state index contributed by atoms with van der Waals surface area (Å²) >= 11 is 0. The van der Waals surface area contributed by atoms with Crippen LogP contribution in [0.2, 0.25) is 0 Å². The smallest absolute Gasteiger partial charge is 0.230 e. The van der Waals surface area contributed by atoms with Crippen molar-refractivity contribution in [3.8, 4) is 11.8 Å². The SMILES string of the molecule is C=C(Oc1ccc(C#N)cc1)C(=O)c1cccc(F)c1F. The molecule has 0 saturated heterocycles. The summed E-state index contributed by atoms with van der Waals surface area (Å²) in [6.07, 6.45) is 0. The molecule has 5 heteroatoms. The third-order valence-electron chi connectivity index (χ3n) is 2.67. The zero-order valence-electron chi connectivity index (χ0n) is 10.8. The maximum Gasteiger partial charge on any atom is 0.230 e. The van der Waals surface area contributed by atoms with Crippen molar-refractivity contribution in [3.05, 3.63) is 77.6 Å². The maximum absolute atomic E-state index is 13.5. The van der Waals surface area contributed by atoms with Gasteiger partial charge in [-0.25, -0.2) is 8.78 Å². The van der Waals surface area contributed by atoms with Crippen LogP contribution in [0.5, 0.6) is 5.75 Å². The standard InChI is InChI=1S/C16H9F2NO2/c1-10(21-12-7-5-11(9-19)6-8-12)16(20)13-3-2-4-14(17)15(13)18/h2-8H,1H2. The molecule has 0 N–H and O–H groups in total. The lowest BCUT2D eigenvalue weighted by molar-refractivity contribution is 0.0982. The molecule has 0 spiro atoms. The molecule has 2 aromatic rings. The van der Waals surface area contributed by atoms with Gasteiger partial charge in [0.1, 0.15) is 5.75 Å². The first-order chi connectivity index (χ1) is 10.0. The molecular formula is C16H9F2NO2. The highest BCUT2D eigenvalue weighted by Crippen LogP contribution is 2.19. The van der Waals surface area contributed by atoms with E-state index in [0.717, 1.165) is 12.1 Å². The van der Waals surface area contributed by atoms with Crippen molar-refractivity contribution in [1.82, 2.24) is 0 Å². The average molecular weight is 285 g/mol. The number of allylic oxidation sites excluding steroid dienone is 1. The molecule has 0 saturated carbocycles. The quantitative estimate of drug-likeness (QED) is 0.490. The minimum Gasteiger partial charge on any atom is -0.454 e. The molecule has 0 atom stereocenters. The molecule has 0 bridgehead atoms. The van der Waals surface area contributed by atoms with Crippen molar-refractivity contribution in [3.63, 3.8) is 0 Å². The van der Waals surface area contributed by atoms with Gasteiger partial charge >= 0.3 is 0 Å². The van der Waals surface area contributed by atoms with Gasteiger partial charge in [0.05, 0.1) is 17.2 Å². The van der Waals surface area contributed by atoms with E-state index in [0.29, 0.717) is 5.56 Å². The largest absolute Gasteiger partial charge is 0.454 e. The third kappa shape index (κ3) is 3.12. The molecule has 2 rings (SSSR count). The molecular weight excluding hydrogens is 276 g/mol. The maximum atomic E-state index is 13.5. The van der Waals surface area contributed by atoms with Gasteiger partial charge in [0, 0.05) is 0 Å². The first kappa shape index (κ1) is 14.4. The van der Waals surface area contributed by atoms with Crippen LogP contribution in [0.4, 0.5) is 8.78 Å². The molecule has 0 aliphatic carbocycles. The molecule has 0 aliphatic heterocycles. The van der Waals surface area contributed by atoms with Crippen molar-refractivity contribution in [2.45, 2.75) is 0 Å². The third-order valence-corrected chi connectivity index (χ3v) is 2.67. The van der Waals surface area contributed by atoms with Gasteiger partial charge in [0.25, 0.3) is 0 Å². The predicted octanol–water partition coefficient (Wildman–Crippen LogP) is 3.61. The second kappa shape index (κ2) is 5.97. The highest BCUT2D eigenvalue weighted by Gasteiger charge is 2.19. The summed E-state index contributed by atoms with van der Waals surface area (Å²) in [4.78, 5) is 12.0. The second-order valence-corrected chi connectivity index (χ2v) is 4.09. The van der Waals surface area contributed by atoms with Gasteiger partial charge in [0.2, 0.25) is 5.78 Å². The monoisotopic (exact) mass is 285 g/mol. The van der Waals surface area contributed by atoms with Crippen LogP contribution >= 0.6 is 0 Å². The number of carbonyl (C=O) groups excluding carboxylic acids is 1. The van der Waals surface area contributed by atoms with Gasteiger partial charge in [-0.3, -0.25) is 4.79 Å². The Hall–Kier alpha value is -3.00. The highest BCUT2D eigenvalue weighted by molar-refractivity contribution is 6.07. The van der Waals surface area contributed by atoms with E-state index in [-0.39, 0.29) is 11.5 Å². The van der Waals surface area contributed by atoms with Crippen LogP contribution in [0.25, 0.3) is 0 Å². The topological polar surface area (TPSA) is 50.1 Å². The number of ether oxygens (including phenoxy) is 1. The van der Waals surface area contributed by atoms with Crippen LogP contribution in [0.1, 0.15) is 15.9 Å². The Labute approximate surface area is 119 Å². The Bertz CT molecular complexity index is 746. The molecule has 0 fully saturated rings. The molecule has 21 heavy (non-hydrogen) atoms. The van der Waals surface area contributed by atoms with Gasteiger partial charge < -0.3 is 4.74 Å². The van der Waals surface area contributed by atoms with Crippen molar-refractivity contribution < 1.29 is 18.3 Å². The predicted molar refractivity (Wildman–Crippen MR) is 71.6 cm³/mol. The summed E-state index contributed by atoms with van der Waals surface area (Å²) in [6, 6.07) is 11.2. The van der Waals surface area contributed by atoms with Gasteiger partial charge in [-0.15, -0.1) is 0 Å². The fraction of sp³-hybridized carbons (Fsp3) is 0. The molecule has 0 heterocycles. The average Bonchev–Trinajstić information content (AvgIpc) is 2.50. The van der Waals surface area contributed by atoms with Gasteiger partial charge in [0.15, 0.2) is 17.4 Å². The Morgan fingerprint density at radius 3 is 2.43 bits per heavy atom. The molecule has 0 amide bonds. The fourth-order valence-corrected chi connectivity index (χ4v) is 1.62. The lowest BCUT2D eigenvalue weighted by Crippen LogP contribution is -2.11. The zero-order chi connectivity index (χ0) is 15.4. The molecule has 0 aliphatic rings. The number of nitriles is 1. The first-order valence-corrected chi connectivity index (χ1v) is 5.88. The molecule has 0 unspecified atom stereocenters. The molecule has 104 valence electrons. The summed E-state index contributed by atoms with van der Waals surface area (Å²) in [5, 5.41) is 8.66. The molecule has 0 radical (unpaired) electrons. The van der Waals surface area contributed by atoms with Crippen LogP contribution in [-0.4, -0.2) is 5.78 Å². The first-order valence-electron chi connectivity index (χ1n) is 5.88. The normalized spacial score (nSPS) is 9.76. The Kier molecular flexibility index (Phi) is 4.10. The van der Waals surface area contributed by atoms with Crippen molar-refractivity contribution in [2.24, 2.45) is 0 Å². The minimum atomic E-state index is -1.24. The van der Waals surface area contributed by atoms with Crippen LogP contribution in [0.15, 0.2) is 54.8 Å². The van der Waals surface area contributed by atoms with Gasteiger partial charge in [-0.1, -0.05) is 12.6 Å². The second-order valence-electron chi connectivity index (χ2n) is 4.09. The van der Waals surface area contributed by atoms with Crippen LogP contribution in [-0.2, 0) is 0 Å². The van der Waals surface area contributed by atoms with E-state index in [1.807, 2.05) is 6.07 Å². The molecule has 3 nitrogen and oxygen atoms in total. The molecule has 0 aromatic heterocycles. The lowest BCUT2D eigenvalue weighted by Gasteiger charge is -2.08. The number of hydrogen-bond acceptors (Lipinski definition) is 3. The van der Waals surface area contributed by atoms with Crippen molar-refractivity contribution in [2.75, 3.05) is 0 Å². The number of nitrogens with zero attached hydrogens (tertiary/aromatic N) is 1. The highest BCUT2D eigenvalue weighted by atomic mass is 19.2. The van der Waals surface area contributed by atoms with Crippen LogP contribution < -0.4 is 4.74 Å². The van der Waals surface area contributed by atoms with E-state index >= 15 is 0 Å². The van der Waals surface area contributed by atoms with Crippen molar-refractivity contribution >= 4 is 5.78 Å². The minimum absolute atomic E-state index is 0.268. The van der Waals surface area contributed by atoms with E-state index in [9.17, 15) is 13.6 Å². The lowest BCUT2D eigenvalue weighted by atomic mass is 10.1. The number of ketones is 1. The van der Waals surface area contributed by atoms with Gasteiger partial charge in [-0.05, 0) is 36.4 Å². The van der Waals surface area contributed by atoms with E-state index in [1.165, 1.54) is 30.3 Å². The number of carbonyl (C=O) groups is 1. The Morgan fingerprint density at radius 2 is 1.81 bits per heavy atom. The zero-order valence-corrected chi connectivity index (χ0v) is 10.8. The summed E-state index contributed by atoms with van der Waals surface area (Å²) < 4.78 is 31.8. The van der Waals surface area contributed by atoms with E-state index in [1.54, 1.807) is 0 Å². The summed E-state index contributed by atoms with van der Waals surface area (Å²) in [5.74, 6) is -3.29. The summed E-state index contributed by atoms with van der Waals surface area (Å²) in [6.45, 7) is 3.41. The molecule has 2 aromatic carbocycles. The van der Waals surface area contributed by atoms with E-state index < -0.39 is 23.0 Å². The van der Waals surface area contributed by atoms with Crippen LogP contribution in [0, 0.1) is 23.0 Å².